The Bertz CT molecular complexity index is 1130. The number of hydrogen-bond donors (Lipinski definition) is 0. The lowest BCUT2D eigenvalue weighted by molar-refractivity contribution is 0.186. The van der Waals surface area contributed by atoms with Crippen LogP contribution >= 0.6 is 11.3 Å². The summed E-state index contributed by atoms with van der Waals surface area (Å²) in [7, 11) is 1.66. The molecular weight excluding hydrogens is 390 g/mol. The van der Waals surface area contributed by atoms with Gasteiger partial charge in [0.25, 0.3) is 11.6 Å². The van der Waals surface area contributed by atoms with E-state index in [0.29, 0.717) is 30.3 Å². The lowest BCUT2D eigenvalue weighted by atomic mass is 10.3. The molecule has 3 aromatic rings. The monoisotopic (exact) mass is 417 g/mol. The third kappa shape index (κ3) is 3.75. The summed E-state index contributed by atoms with van der Waals surface area (Å²) >= 11 is 1.55. The summed E-state index contributed by atoms with van der Waals surface area (Å²) in [5.41, 5.74) is 1.08. The Balaban J connectivity index is 1.89. The highest BCUT2D eigenvalue weighted by Crippen LogP contribution is 2.27. The van der Waals surface area contributed by atoms with Crippen LogP contribution in [0.15, 0.2) is 15.0 Å². The van der Waals surface area contributed by atoms with Gasteiger partial charge in [0.1, 0.15) is 11.1 Å². The Kier molecular flexibility index (Phi) is 5.58. The van der Waals surface area contributed by atoms with Crippen LogP contribution in [0.1, 0.15) is 56.2 Å². The number of hydrogen-bond acceptors (Lipinski definition) is 6. The predicted octanol–water partition coefficient (Wildman–Crippen LogP) is 2.83. The highest BCUT2D eigenvalue weighted by atomic mass is 32.1. The molecule has 8 nitrogen and oxygen atoms in total. The van der Waals surface area contributed by atoms with E-state index in [2.05, 4.69) is 9.97 Å². The molecule has 0 bridgehead atoms. The van der Waals surface area contributed by atoms with E-state index in [1.165, 1.54) is 9.13 Å². The van der Waals surface area contributed by atoms with Gasteiger partial charge in [0.15, 0.2) is 11.2 Å². The summed E-state index contributed by atoms with van der Waals surface area (Å²) in [6.45, 7) is 4.79. The van der Waals surface area contributed by atoms with Crippen molar-refractivity contribution in [2.75, 3.05) is 0 Å². The van der Waals surface area contributed by atoms with Crippen molar-refractivity contribution in [3.63, 3.8) is 0 Å². The van der Waals surface area contributed by atoms with Gasteiger partial charge in [0.05, 0.1) is 6.54 Å². The molecule has 0 amide bonds. The van der Waals surface area contributed by atoms with Gasteiger partial charge in [-0.1, -0.05) is 13.3 Å². The summed E-state index contributed by atoms with van der Waals surface area (Å²) in [5.74, 6) is 0. The van der Waals surface area contributed by atoms with E-state index in [-0.39, 0.29) is 17.4 Å². The standard InChI is InChI=1S/C20H27N5O3S/c1-4-5-10-24-18(26)16-17(23(3)20(24)27)22-19(28-14-8-6-7-9-14)25(16)11-15-21-13(2)12-29-15/h12,14H,4-11H2,1-3H3. The number of imidazole rings is 1. The minimum Gasteiger partial charge on any atom is -0.461 e. The van der Waals surface area contributed by atoms with E-state index >= 15 is 0 Å². The molecule has 29 heavy (non-hydrogen) atoms. The summed E-state index contributed by atoms with van der Waals surface area (Å²) in [6.07, 6.45) is 6.02. The molecule has 4 rings (SSSR count). The Morgan fingerprint density at radius 3 is 2.62 bits per heavy atom. The van der Waals surface area contributed by atoms with Gasteiger partial charge in [-0.3, -0.25) is 18.5 Å². The maximum atomic E-state index is 13.3. The minimum absolute atomic E-state index is 0.0999. The summed E-state index contributed by atoms with van der Waals surface area (Å²) < 4.78 is 10.8. The van der Waals surface area contributed by atoms with Crippen molar-refractivity contribution < 1.29 is 4.74 Å². The van der Waals surface area contributed by atoms with Crippen molar-refractivity contribution in [2.45, 2.75) is 71.6 Å². The van der Waals surface area contributed by atoms with Crippen molar-refractivity contribution in [3.05, 3.63) is 36.9 Å². The quantitative estimate of drug-likeness (QED) is 0.590. The number of aromatic nitrogens is 5. The largest absolute Gasteiger partial charge is 0.461 e. The Morgan fingerprint density at radius 1 is 1.21 bits per heavy atom. The zero-order valence-corrected chi connectivity index (χ0v) is 18.0. The second kappa shape index (κ2) is 8.14. The van der Waals surface area contributed by atoms with Crippen molar-refractivity contribution in [1.29, 1.82) is 0 Å². The summed E-state index contributed by atoms with van der Waals surface area (Å²) in [4.78, 5) is 35.2. The highest BCUT2D eigenvalue weighted by molar-refractivity contribution is 7.09. The number of nitrogens with zero attached hydrogens (tertiary/aromatic N) is 5. The van der Waals surface area contributed by atoms with Crippen molar-refractivity contribution in [1.82, 2.24) is 23.7 Å². The SMILES string of the molecule is CCCCn1c(=O)c2c(nc(OC3CCCC3)n2Cc2nc(C)cs2)n(C)c1=O. The molecule has 9 heteroatoms. The normalized spacial score (nSPS) is 14.9. The second-order valence-electron chi connectivity index (χ2n) is 7.71. The van der Waals surface area contributed by atoms with Crippen LogP contribution in [0.2, 0.25) is 0 Å². The minimum atomic E-state index is -0.335. The first-order chi connectivity index (χ1) is 14.0. The third-order valence-corrected chi connectivity index (χ3v) is 6.42. The van der Waals surface area contributed by atoms with E-state index in [4.69, 9.17) is 4.74 Å². The fraction of sp³-hybridized carbons (Fsp3) is 0.600. The zero-order valence-electron chi connectivity index (χ0n) is 17.2. The maximum absolute atomic E-state index is 13.3. The summed E-state index contributed by atoms with van der Waals surface area (Å²) in [6, 6.07) is 0.403. The Labute approximate surface area is 172 Å². The lowest BCUT2D eigenvalue weighted by Crippen LogP contribution is -2.39. The van der Waals surface area contributed by atoms with Crippen LogP contribution < -0.4 is 16.0 Å². The van der Waals surface area contributed by atoms with Crippen LogP contribution in [0.4, 0.5) is 0 Å². The molecule has 1 fully saturated rings. The van der Waals surface area contributed by atoms with Crippen LogP contribution in [0.25, 0.3) is 11.2 Å². The molecule has 3 heterocycles. The Hall–Kier alpha value is -2.42. The number of aryl methyl sites for hydroxylation is 2. The number of unbranched alkanes of at least 4 members (excludes halogenated alkanes) is 1. The zero-order chi connectivity index (χ0) is 20.5. The first-order valence-electron chi connectivity index (χ1n) is 10.3. The number of fused-ring (bicyclic) bond motifs is 1. The molecule has 1 aliphatic rings. The maximum Gasteiger partial charge on any atom is 0.332 e. The topological polar surface area (TPSA) is 83.9 Å². The molecule has 156 valence electrons. The van der Waals surface area contributed by atoms with Crippen LogP contribution in [0.3, 0.4) is 0 Å². The molecule has 0 aliphatic heterocycles. The van der Waals surface area contributed by atoms with Gasteiger partial charge in [-0.15, -0.1) is 11.3 Å². The molecule has 0 aromatic carbocycles. The average Bonchev–Trinajstić information content (AvgIpc) is 3.42. The van der Waals surface area contributed by atoms with Gasteiger partial charge >= 0.3 is 5.69 Å². The second-order valence-corrected chi connectivity index (χ2v) is 8.65. The van der Waals surface area contributed by atoms with Gasteiger partial charge in [-0.2, -0.15) is 4.98 Å². The number of thiazole rings is 1. The van der Waals surface area contributed by atoms with Gasteiger partial charge in [0.2, 0.25) is 0 Å². The average molecular weight is 418 g/mol. The first kappa shape index (κ1) is 19.9. The van der Waals surface area contributed by atoms with E-state index < -0.39 is 0 Å². The molecule has 0 N–H and O–H groups in total. The molecule has 0 atom stereocenters. The van der Waals surface area contributed by atoms with Crippen LogP contribution in [-0.2, 0) is 20.1 Å². The van der Waals surface area contributed by atoms with Gasteiger partial charge in [-0.05, 0) is 39.0 Å². The first-order valence-corrected chi connectivity index (χ1v) is 11.1. The third-order valence-electron chi connectivity index (χ3n) is 5.47. The Morgan fingerprint density at radius 2 is 1.97 bits per heavy atom. The van der Waals surface area contributed by atoms with E-state index in [9.17, 15) is 9.59 Å². The predicted molar refractivity (Wildman–Crippen MR) is 113 cm³/mol. The fourth-order valence-electron chi connectivity index (χ4n) is 3.87. The number of rotatable bonds is 7. The molecular formula is C20H27N5O3S. The number of ether oxygens (including phenoxy) is 1. The van der Waals surface area contributed by atoms with E-state index in [1.807, 2.05) is 19.2 Å². The van der Waals surface area contributed by atoms with Crippen LogP contribution in [-0.4, -0.2) is 29.8 Å². The smallest absolute Gasteiger partial charge is 0.332 e. The van der Waals surface area contributed by atoms with Crippen LogP contribution in [0.5, 0.6) is 6.01 Å². The van der Waals surface area contributed by atoms with Gasteiger partial charge < -0.3 is 4.74 Å². The van der Waals surface area contributed by atoms with Crippen molar-refractivity contribution >= 4 is 22.5 Å². The summed E-state index contributed by atoms with van der Waals surface area (Å²) in [5, 5.41) is 2.87. The van der Waals surface area contributed by atoms with Gasteiger partial charge in [-0.25, -0.2) is 9.78 Å². The van der Waals surface area contributed by atoms with Crippen LogP contribution in [0, 0.1) is 6.92 Å². The van der Waals surface area contributed by atoms with E-state index in [0.717, 1.165) is 49.2 Å². The molecule has 1 saturated carbocycles. The molecule has 1 aliphatic carbocycles. The molecule has 3 aromatic heterocycles. The van der Waals surface area contributed by atoms with Crippen molar-refractivity contribution in [3.8, 4) is 6.01 Å². The molecule has 0 spiro atoms. The highest BCUT2D eigenvalue weighted by Gasteiger charge is 2.25. The lowest BCUT2D eigenvalue weighted by Gasteiger charge is -2.13. The van der Waals surface area contributed by atoms with E-state index in [1.54, 1.807) is 23.0 Å². The molecule has 0 unspecified atom stereocenters. The van der Waals surface area contributed by atoms with Gasteiger partial charge in [0, 0.05) is 24.7 Å². The molecule has 0 radical (unpaired) electrons. The fourth-order valence-corrected chi connectivity index (χ4v) is 4.63. The van der Waals surface area contributed by atoms with Crippen molar-refractivity contribution in [2.24, 2.45) is 7.05 Å². The molecule has 0 saturated heterocycles.